The third-order valence-electron chi connectivity index (χ3n) is 4.88. The average molecular weight is 387 g/mol. The molecule has 0 fully saturated rings. The number of hydrazone groups is 1. The molecule has 3 aromatic rings. The Labute approximate surface area is 170 Å². The smallest absolute Gasteiger partial charge is 0.267 e. The fraction of sp³-hybridized carbons (Fsp3) is 0.136. The van der Waals surface area contributed by atoms with E-state index >= 15 is 0 Å². The van der Waals surface area contributed by atoms with Crippen LogP contribution in [0, 0.1) is 0 Å². The van der Waals surface area contributed by atoms with Crippen LogP contribution in [0.3, 0.4) is 0 Å². The molecule has 0 saturated carbocycles. The van der Waals surface area contributed by atoms with Crippen LogP contribution in [0.4, 0.5) is 0 Å². The largest absolute Gasteiger partial charge is 0.274 e. The maximum absolute atomic E-state index is 13.2. The molecule has 0 spiro atoms. The van der Waals surface area contributed by atoms with Crippen molar-refractivity contribution >= 4 is 36.0 Å². The highest BCUT2D eigenvalue weighted by atomic mass is 35.5. The van der Waals surface area contributed by atoms with Crippen LogP contribution in [-0.4, -0.2) is 28.9 Å². The number of aromatic nitrogens is 1. The third-order valence-corrected chi connectivity index (χ3v) is 5.13. The monoisotopic (exact) mass is 386 g/mol. The number of rotatable bonds is 4. The van der Waals surface area contributed by atoms with Gasteiger partial charge >= 0.3 is 0 Å². The number of nitrogens with zero attached hydrogens (tertiary/aromatic N) is 3. The molecule has 1 unspecified atom stereocenters. The van der Waals surface area contributed by atoms with E-state index in [1.54, 1.807) is 41.7 Å². The Morgan fingerprint density at radius 3 is 2.36 bits per heavy atom. The summed E-state index contributed by atoms with van der Waals surface area (Å²) >= 11 is 5.97. The van der Waals surface area contributed by atoms with Crippen molar-refractivity contribution in [2.75, 3.05) is 0 Å². The van der Waals surface area contributed by atoms with Crippen LogP contribution in [0.5, 0.6) is 0 Å². The first-order chi connectivity index (χ1) is 13.7. The van der Waals surface area contributed by atoms with Crippen LogP contribution in [0.2, 0.25) is 11.8 Å². The molecule has 0 bridgehead atoms. The first kappa shape index (κ1) is 18.4. The standard InChI is InChI=1S/C22H18BClN3O/c1-23-18-6-2-15(3-7-18)20-14-21(16-10-12-25-13-11-16)27(26-20)22(28)17-4-8-19(24)9-5-17/h2-13,21H,14H2,1H3. The minimum Gasteiger partial charge on any atom is -0.267 e. The molecule has 6 heteroatoms. The molecule has 1 aliphatic heterocycles. The van der Waals surface area contributed by atoms with Crippen LogP contribution in [0.1, 0.15) is 33.9 Å². The summed E-state index contributed by atoms with van der Waals surface area (Å²) in [5.74, 6) is -0.146. The normalized spacial score (nSPS) is 16.0. The zero-order valence-corrected chi connectivity index (χ0v) is 16.2. The Morgan fingerprint density at radius 2 is 1.71 bits per heavy atom. The number of carbonyl (C=O) groups is 1. The molecule has 0 saturated heterocycles. The van der Waals surface area contributed by atoms with Crippen LogP contribution < -0.4 is 5.46 Å². The van der Waals surface area contributed by atoms with Crippen LogP contribution >= 0.6 is 11.6 Å². The lowest BCUT2D eigenvalue weighted by molar-refractivity contribution is 0.0711. The molecule has 4 nitrogen and oxygen atoms in total. The van der Waals surface area contributed by atoms with Crippen molar-refractivity contribution in [2.45, 2.75) is 19.3 Å². The highest BCUT2D eigenvalue weighted by molar-refractivity contribution is 6.51. The van der Waals surface area contributed by atoms with Crippen molar-refractivity contribution in [3.63, 3.8) is 0 Å². The van der Waals surface area contributed by atoms with Crippen LogP contribution in [0.25, 0.3) is 0 Å². The van der Waals surface area contributed by atoms with E-state index in [9.17, 15) is 4.79 Å². The maximum atomic E-state index is 13.2. The highest BCUT2D eigenvalue weighted by Gasteiger charge is 2.33. The first-order valence-electron chi connectivity index (χ1n) is 9.12. The molecule has 1 atom stereocenters. The molecule has 1 amide bonds. The van der Waals surface area contributed by atoms with Crippen molar-refractivity contribution in [1.82, 2.24) is 9.99 Å². The molecular formula is C22H18BClN3O. The van der Waals surface area contributed by atoms with Crippen molar-refractivity contribution in [3.05, 3.63) is 94.8 Å². The third kappa shape index (κ3) is 3.71. The van der Waals surface area contributed by atoms with Crippen molar-refractivity contribution < 1.29 is 4.79 Å². The Hall–Kier alpha value is -2.92. The molecule has 4 rings (SSSR count). The molecule has 1 aliphatic rings. The van der Waals surface area contributed by atoms with Crippen molar-refractivity contribution in [2.24, 2.45) is 5.10 Å². The Bertz CT molecular complexity index is 1000. The van der Waals surface area contributed by atoms with Gasteiger partial charge in [0, 0.05) is 29.4 Å². The van der Waals surface area contributed by atoms with E-state index in [0.29, 0.717) is 17.0 Å². The van der Waals surface area contributed by atoms with Gasteiger partial charge in [-0.2, -0.15) is 5.10 Å². The van der Waals surface area contributed by atoms with E-state index in [-0.39, 0.29) is 11.9 Å². The first-order valence-corrected chi connectivity index (χ1v) is 9.50. The van der Waals surface area contributed by atoms with Crippen molar-refractivity contribution in [3.8, 4) is 0 Å². The predicted molar refractivity (Wildman–Crippen MR) is 113 cm³/mol. The summed E-state index contributed by atoms with van der Waals surface area (Å²) < 4.78 is 0. The van der Waals surface area contributed by atoms with E-state index in [1.807, 2.05) is 31.1 Å². The van der Waals surface area contributed by atoms with E-state index in [4.69, 9.17) is 16.7 Å². The molecule has 0 aliphatic carbocycles. The second kappa shape index (κ2) is 7.99. The van der Waals surface area contributed by atoms with Gasteiger partial charge in [-0.3, -0.25) is 9.78 Å². The van der Waals surface area contributed by atoms with Gasteiger partial charge in [-0.05, 0) is 47.5 Å². The second-order valence-corrected chi connectivity index (χ2v) is 7.05. The Kier molecular flexibility index (Phi) is 5.26. The Morgan fingerprint density at radius 1 is 1.04 bits per heavy atom. The van der Waals surface area contributed by atoms with Gasteiger partial charge < -0.3 is 0 Å². The van der Waals surface area contributed by atoms with Gasteiger partial charge in [0.25, 0.3) is 5.91 Å². The van der Waals surface area contributed by atoms with Crippen LogP contribution in [-0.2, 0) is 0 Å². The summed E-state index contributed by atoms with van der Waals surface area (Å²) in [6, 6.07) is 18.8. The molecule has 0 N–H and O–H groups in total. The predicted octanol–water partition coefficient (Wildman–Crippen LogP) is 4.10. The van der Waals surface area contributed by atoms with E-state index in [2.05, 4.69) is 24.4 Å². The molecule has 137 valence electrons. The summed E-state index contributed by atoms with van der Waals surface area (Å²) in [6.07, 6.45) is 4.13. The number of carbonyl (C=O) groups excluding carboxylic acids is 1. The SMILES string of the molecule is C[B]c1ccc(C2=NN(C(=O)c3ccc(Cl)cc3)C(c3ccncc3)C2)cc1. The summed E-state index contributed by atoms with van der Waals surface area (Å²) in [5.41, 5.74) is 4.64. The number of hydrogen-bond acceptors (Lipinski definition) is 3. The van der Waals surface area contributed by atoms with E-state index in [0.717, 1.165) is 22.3 Å². The van der Waals surface area contributed by atoms with Gasteiger partial charge in [-0.25, -0.2) is 5.01 Å². The summed E-state index contributed by atoms with van der Waals surface area (Å²) in [7, 11) is 2.05. The number of pyridine rings is 1. The van der Waals surface area contributed by atoms with Crippen molar-refractivity contribution in [1.29, 1.82) is 0 Å². The molecule has 2 heterocycles. The topological polar surface area (TPSA) is 45.6 Å². The number of amides is 1. The number of halogens is 1. The molecular weight excluding hydrogens is 369 g/mol. The van der Waals surface area contributed by atoms with Gasteiger partial charge in [0.2, 0.25) is 0 Å². The molecule has 28 heavy (non-hydrogen) atoms. The lowest BCUT2D eigenvalue weighted by atomic mass is 9.73. The van der Waals surface area contributed by atoms with Gasteiger partial charge in [0.1, 0.15) is 7.28 Å². The quantitative estimate of drug-likeness (QED) is 0.634. The van der Waals surface area contributed by atoms with Gasteiger partial charge in [0.15, 0.2) is 0 Å². The zero-order chi connectivity index (χ0) is 19.5. The van der Waals surface area contributed by atoms with E-state index in [1.165, 1.54) is 0 Å². The van der Waals surface area contributed by atoms with Gasteiger partial charge in [-0.15, -0.1) is 0 Å². The lowest BCUT2D eigenvalue weighted by Crippen LogP contribution is -2.27. The second-order valence-electron chi connectivity index (χ2n) is 6.61. The number of benzene rings is 2. The minimum atomic E-state index is -0.168. The molecule has 1 radical (unpaired) electrons. The Balaban J connectivity index is 1.70. The van der Waals surface area contributed by atoms with Gasteiger partial charge in [0.05, 0.1) is 11.8 Å². The summed E-state index contributed by atoms with van der Waals surface area (Å²) in [5, 5.41) is 6.88. The summed E-state index contributed by atoms with van der Waals surface area (Å²) in [6.45, 7) is 2.01. The maximum Gasteiger partial charge on any atom is 0.274 e. The molecule has 2 aromatic carbocycles. The highest BCUT2D eigenvalue weighted by Crippen LogP contribution is 2.33. The lowest BCUT2D eigenvalue weighted by Gasteiger charge is -2.22. The van der Waals surface area contributed by atoms with Crippen LogP contribution in [0.15, 0.2) is 78.2 Å². The van der Waals surface area contributed by atoms with E-state index < -0.39 is 0 Å². The molecule has 1 aromatic heterocycles. The zero-order valence-electron chi connectivity index (χ0n) is 15.4. The minimum absolute atomic E-state index is 0.146. The fourth-order valence-corrected chi connectivity index (χ4v) is 3.44. The number of hydrogen-bond donors (Lipinski definition) is 0. The van der Waals surface area contributed by atoms with Gasteiger partial charge in [-0.1, -0.05) is 48.2 Å². The summed E-state index contributed by atoms with van der Waals surface area (Å²) in [4.78, 5) is 17.3. The average Bonchev–Trinajstić information content (AvgIpc) is 3.20. The fourth-order valence-electron chi connectivity index (χ4n) is 3.31.